The minimum absolute atomic E-state index is 0.0499. The van der Waals surface area contributed by atoms with Crippen LogP contribution in [0.2, 0.25) is 10.0 Å². The molecule has 0 fully saturated rings. The van der Waals surface area contributed by atoms with E-state index in [4.69, 9.17) is 23.2 Å². The molecule has 1 N–H and O–H groups in total. The Bertz CT molecular complexity index is 1760. The van der Waals surface area contributed by atoms with Gasteiger partial charge in [-0.25, -0.2) is 8.42 Å². The van der Waals surface area contributed by atoms with Crippen molar-refractivity contribution < 1.29 is 18.0 Å². The zero-order valence-electron chi connectivity index (χ0n) is 26.4. The monoisotopic (exact) mass is 679 g/mol. The molecule has 0 aromatic heterocycles. The fourth-order valence-corrected chi connectivity index (χ4v) is 7.09. The summed E-state index contributed by atoms with van der Waals surface area (Å²) in [5.74, 6) is -0.924. The van der Waals surface area contributed by atoms with Gasteiger partial charge >= 0.3 is 0 Å². The first-order chi connectivity index (χ1) is 21.9. The molecule has 0 aliphatic carbocycles. The number of carbonyl (C=O) groups is 2. The topological polar surface area (TPSA) is 86.8 Å². The standard InChI is InChI=1S/C36H39Cl2N3O4S/c1-5-28-13-9-10-14-33(28)41(46(44,45)31-19-15-26(4)16-20-31)24-35(42)40(23-29-17-18-30(37)22-32(29)38)34(36(43)39-25(2)3)21-27-11-7-6-8-12-27/h6-20,22,25,34H,5,21,23-24H2,1-4H3,(H,39,43)/t34-/m0/s1. The Balaban J connectivity index is 1.85. The van der Waals surface area contributed by atoms with Gasteiger partial charge in [0, 0.05) is 29.1 Å². The number of aryl methyl sites for hydroxylation is 2. The molecule has 7 nitrogen and oxygen atoms in total. The van der Waals surface area contributed by atoms with Gasteiger partial charge in [0.15, 0.2) is 0 Å². The van der Waals surface area contributed by atoms with Gasteiger partial charge in [0.05, 0.1) is 10.6 Å². The third kappa shape index (κ3) is 8.69. The second kappa shape index (κ2) is 15.6. The molecule has 1 atom stereocenters. The van der Waals surface area contributed by atoms with Gasteiger partial charge in [0.25, 0.3) is 10.0 Å². The van der Waals surface area contributed by atoms with Gasteiger partial charge in [-0.05, 0) is 74.2 Å². The highest BCUT2D eigenvalue weighted by Crippen LogP contribution is 2.29. The molecule has 2 amide bonds. The highest BCUT2D eigenvalue weighted by molar-refractivity contribution is 7.92. The molecule has 0 bridgehead atoms. The molecule has 4 aromatic carbocycles. The van der Waals surface area contributed by atoms with Crippen molar-refractivity contribution >= 4 is 50.7 Å². The summed E-state index contributed by atoms with van der Waals surface area (Å²) in [6.45, 7) is 6.90. The number of hydrogen-bond acceptors (Lipinski definition) is 4. The van der Waals surface area contributed by atoms with Crippen molar-refractivity contribution in [3.05, 3.63) is 129 Å². The molecule has 0 unspecified atom stereocenters. The maximum absolute atomic E-state index is 14.6. The summed E-state index contributed by atoms with van der Waals surface area (Å²) in [6.07, 6.45) is 0.744. The number of anilines is 1. The zero-order valence-corrected chi connectivity index (χ0v) is 28.7. The number of rotatable bonds is 13. The Morgan fingerprint density at radius 2 is 1.50 bits per heavy atom. The first-order valence-corrected chi connectivity index (χ1v) is 17.3. The fourth-order valence-electron chi connectivity index (χ4n) is 5.17. The van der Waals surface area contributed by atoms with Crippen LogP contribution in [0.3, 0.4) is 0 Å². The molecule has 0 spiro atoms. The predicted octanol–water partition coefficient (Wildman–Crippen LogP) is 7.22. The van der Waals surface area contributed by atoms with E-state index in [0.717, 1.165) is 21.0 Å². The Kier molecular flexibility index (Phi) is 11.9. The van der Waals surface area contributed by atoms with Crippen molar-refractivity contribution in [1.82, 2.24) is 10.2 Å². The lowest BCUT2D eigenvalue weighted by atomic mass is 10.0. The molecule has 0 saturated heterocycles. The average Bonchev–Trinajstić information content (AvgIpc) is 3.02. The van der Waals surface area contributed by atoms with E-state index in [0.29, 0.717) is 27.7 Å². The summed E-state index contributed by atoms with van der Waals surface area (Å²) < 4.78 is 29.7. The van der Waals surface area contributed by atoms with Crippen LogP contribution in [-0.4, -0.2) is 43.8 Å². The lowest BCUT2D eigenvalue weighted by molar-refractivity contribution is -0.140. The van der Waals surface area contributed by atoms with Crippen LogP contribution in [-0.2, 0) is 39.0 Å². The molecule has 242 valence electrons. The van der Waals surface area contributed by atoms with E-state index in [1.807, 2.05) is 70.2 Å². The van der Waals surface area contributed by atoms with Crippen molar-refractivity contribution in [3.63, 3.8) is 0 Å². The molecule has 4 rings (SSSR count). The van der Waals surface area contributed by atoms with Crippen molar-refractivity contribution in [2.75, 3.05) is 10.8 Å². The van der Waals surface area contributed by atoms with Crippen molar-refractivity contribution in [2.45, 2.75) is 64.1 Å². The van der Waals surface area contributed by atoms with E-state index in [1.165, 1.54) is 17.0 Å². The predicted molar refractivity (Wildman–Crippen MR) is 186 cm³/mol. The normalized spacial score (nSPS) is 12.1. The molecule has 46 heavy (non-hydrogen) atoms. The van der Waals surface area contributed by atoms with Crippen LogP contribution in [0.25, 0.3) is 0 Å². The number of benzene rings is 4. The molecule has 10 heteroatoms. The summed E-state index contributed by atoms with van der Waals surface area (Å²) in [5, 5.41) is 3.71. The Morgan fingerprint density at radius 1 is 0.848 bits per heavy atom. The van der Waals surface area contributed by atoms with Gasteiger partial charge < -0.3 is 10.2 Å². The van der Waals surface area contributed by atoms with Crippen molar-refractivity contribution in [2.24, 2.45) is 0 Å². The number of nitrogens with one attached hydrogen (secondary N) is 1. The van der Waals surface area contributed by atoms with E-state index >= 15 is 0 Å². The molecule has 4 aromatic rings. The van der Waals surface area contributed by atoms with Crippen LogP contribution < -0.4 is 9.62 Å². The number of halogens is 2. The summed E-state index contributed by atoms with van der Waals surface area (Å²) in [6, 6.07) is 26.8. The number of amides is 2. The lowest BCUT2D eigenvalue weighted by Crippen LogP contribution is -2.54. The number of nitrogens with zero attached hydrogens (tertiary/aromatic N) is 2. The smallest absolute Gasteiger partial charge is 0.264 e. The maximum atomic E-state index is 14.6. The fraction of sp³-hybridized carbons (Fsp3) is 0.278. The average molecular weight is 681 g/mol. The first kappa shape index (κ1) is 35.0. The molecule has 0 aliphatic heterocycles. The van der Waals surface area contributed by atoms with Gasteiger partial charge in [-0.3, -0.25) is 13.9 Å². The third-order valence-electron chi connectivity index (χ3n) is 7.59. The molecule has 0 aliphatic rings. The van der Waals surface area contributed by atoms with E-state index < -0.39 is 28.5 Å². The zero-order chi connectivity index (χ0) is 33.4. The summed E-state index contributed by atoms with van der Waals surface area (Å²) >= 11 is 12.8. The minimum Gasteiger partial charge on any atom is -0.352 e. The van der Waals surface area contributed by atoms with Crippen LogP contribution in [0.15, 0.2) is 102 Å². The van der Waals surface area contributed by atoms with E-state index in [9.17, 15) is 18.0 Å². The van der Waals surface area contributed by atoms with Gasteiger partial charge in [-0.1, -0.05) is 102 Å². The van der Waals surface area contributed by atoms with Crippen LogP contribution >= 0.6 is 23.2 Å². The molecule has 0 heterocycles. The molecule has 0 radical (unpaired) electrons. The Hall–Kier alpha value is -3.85. The highest BCUT2D eigenvalue weighted by Gasteiger charge is 2.35. The lowest BCUT2D eigenvalue weighted by Gasteiger charge is -2.34. The van der Waals surface area contributed by atoms with Gasteiger partial charge in [0.2, 0.25) is 11.8 Å². The van der Waals surface area contributed by atoms with Crippen LogP contribution in [0.5, 0.6) is 0 Å². The summed E-state index contributed by atoms with van der Waals surface area (Å²) in [7, 11) is -4.20. The summed E-state index contributed by atoms with van der Waals surface area (Å²) in [5.41, 5.74) is 3.47. The number of hydrogen-bond donors (Lipinski definition) is 1. The minimum atomic E-state index is -4.20. The third-order valence-corrected chi connectivity index (χ3v) is 9.95. The molecular formula is C36H39Cl2N3O4S. The van der Waals surface area contributed by atoms with Crippen LogP contribution in [0.4, 0.5) is 5.69 Å². The second-order valence-corrected chi connectivity index (χ2v) is 14.1. The van der Waals surface area contributed by atoms with Gasteiger partial charge in [0.1, 0.15) is 12.6 Å². The van der Waals surface area contributed by atoms with Crippen molar-refractivity contribution in [1.29, 1.82) is 0 Å². The molecular weight excluding hydrogens is 641 g/mol. The van der Waals surface area contributed by atoms with E-state index in [1.54, 1.807) is 42.5 Å². The van der Waals surface area contributed by atoms with E-state index in [2.05, 4.69) is 5.32 Å². The van der Waals surface area contributed by atoms with Crippen LogP contribution in [0, 0.1) is 6.92 Å². The van der Waals surface area contributed by atoms with Crippen molar-refractivity contribution in [3.8, 4) is 0 Å². The number of carbonyl (C=O) groups excluding carboxylic acids is 2. The summed E-state index contributed by atoms with van der Waals surface area (Å²) in [4.78, 5) is 30.0. The largest absolute Gasteiger partial charge is 0.352 e. The maximum Gasteiger partial charge on any atom is 0.264 e. The number of para-hydroxylation sites is 1. The second-order valence-electron chi connectivity index (χ2n) is 11.4. The number of sulfonamides is 1. The van der Waals surface area contributed by atoms with Gasteiger partial charge in [-0.15, -0.1) is 0 Å². The highest BCUT2D eigenvalue weighted by atomic mass is 35.5. The Morgan fingerprint density at radius 3 is 2.13 bits per heavy atom. The first-order valence-electron chi connectivity index (χ1n) is 15.2. The molecule has 0 saturated carbocycles. The van der Waals surface area contributed by atoms with Gasteiger partial charge in [-0.2, -0.15) is 0 Å². The quantitative estimate of drug-likeness (QED) is 0.162. The van der Waals surface area contributed by atoms with Crippen LogP contribution in [0.1, 0.15) is 43.0 Å². The van der Waals surface area contributed by atoms with E-state index in [-0.39, 0.29) is 29.8 Å². The Labute approximate surface area is 282 Å². The SMILES string of the molecule is CCc1ccccc1N(CC(=O)N(Cc1ccc(Cl)cc1Cl)[C@@H](Cc1ccccc1)C(=O)NC(C)C)S(=O)(=O)c1ccc(C)cc1.